The standard InChI is InChI=1S/C27H42N4O7/c1-9-37-22(33)12-13-29-24(34)23(19-11-10-17(4)14-18(19)5)31(16(2)3)25(35)20(15-21(28)32)30-26(36)38-27(6,7)8/h10-11,14,16,20,23H,9,12-13,15H2,1-8H3,(H2,28,32)(H,29,34)(H,30,36). The van der Waals surface area contributed by atoms with Gasteiger partial charge < -0.3 is 30.7 Å². The zero-order chi connectivity index (χ0) is 29.2. The fourth-order valence-electron chi connectivity index (χ4n) is 3.88. The molecule has 0 bridgehead atoms. The van der Waals surface area contributed by atoms with Crippen LogP contribution in [0.1, 0.15) is 77.1 Å². The Labute approximate surface area is 224 Å². The van der Waals surface area contributed by atoms with Crippen LogP contribution in [-0.2, 0) is 28.7 Å². The number of nitrogens with two attached hydrogens (primary N) is 1. The number of primary amides is 1. The first-order chi connectivity index (χ1) is 17.6. The first kappa shape index (κ1) is 32.4. The number of rotatable bonds is 12. The summed E-state index contributed by atoms with van der Waals surface area (Å²) in [6.45, 7) is 14.1. The lowest BCUT2D eigenvalue weighted by Gasteiger charge is -2.37. The van der Waals surface area contributed by atoms with Gasteiger partial charge in [0, 0.05) is 12.6 Å². The molecular formula is C27H42N4O7. The number of nitrogens with zero attached hydrogens (tertiary/aromatic N) is 1. The Morgan fingerprint density at radius 3 is 2.21 bits per heavy atom. The number of hydrogen-bond donors (Lipinski definition) is 3. The summed E-state index contributed by atoms with van der Waals surface area (Å²) in [5.41, 5.74) is 6.83. The van der Waals surface area contributed by atoms with Gasteiger partial charge in [-0.15, -0.1) is 0 Å². The van der Waals surface area contributed by atoms with Crippen LogP contribution in [0.25, 0.3) is 0 Å². The van der Waals surface area contributed by atoms with Crippen molar-refractivity contribution in [1.82, 2.24) is 15.5 Å². The van der Waals surface area contributed by atoms with Crippen molar-refractivity contribution in [3.05, 3.63) is 34.9 Å². The molecule has 1 rings (SSSR count). The molecule has 0 saturated carbocycles. The summed E-state index contributed by atoms with van der Waals surface area (Å²) in [6.07, 6.45) is -1.44. The van der Waals surface area contributed by atoms with Gasteiger partial charge in [0.1, 0.15) is 17.7 Å². The lowest BCUT2D eigenvalue weighted by atomic mass is 9.95. The van der Waals surface area contributed by atoms with E-state index in [0.717, 1.165) is 11.1 Å². The number of benzene rings is 1. The minimum Gasteiger partial charge on any atom is -0.466 e. The molecular weight excluding hydrogens is 492 g/mol. The fraction of sp³-hybridized carbons (Fsp3) is 0.593. The molecule has 4 N–H and O–H groups in total. The maximum Gasteiger partial charge on any atom is 0.408 e. The molecule has 0 aliphatic heterocycles. The Morgan fingerprint density at radius 1 is 1.08 bits per heavy atom. The van der Waals surface area contributed by atoms with E-state index in [4.69, 9.17) is 15.2 Å². The van der Waals surface area contributed by atoms with Crippen LogP contribution < -0.4 is 16.4 Å². The number of hydrogen-bond acceptors (Lipinski definition) is 7. The number of aryl methyl sites for hydroxylation is 2. The van der Waals surface area contributed by atoms with Gasteiger partial charge in [0.2, 0.25) is 17.7 Å². The average molecular weight is 535 g/mol. The quantitative estimate of drug-likeness (QED) is 0.348. The predicted molar refractivity (Wildman–Crippen MR) is 142 cm³/mol. The summed E-state index contributed by atoms with van der Waals surface area (Å²) in [5, 5.41) is 5.15. The second-order valence-electron chi connectivity index (χ2n) is 10.3. The second-order valence-corrected chi connectivity index (χ2v) is 10.3. The molecule has 11 heteroatoms. The van der Waals surface area contributed by atoms with Gasteiger partial charge in [0.25, 0.3) is 0 Å². The zero-order valence-electron chi connectivity index (χ0n) is 23.7. The van der Waals surface area contributed by atoms with Crippen LogP contribution in [-0.4, -0.2) is 65.5 Å². The van der Waals surface area contributed by atoms with E-state index in [-0.39, 0.29) is 19.6 Å². The Balaban J connectivity index is 3.46. The molecule has 0 aromatic heterocycles. The molecule has 2 unspecified atom stereocenters. The molecule has 0 radical (unpaired) electrons. The third-order valence-electron chi connectivity index (χ3n) is 5.39. The smallest absolute Gasteiger partial charge is 0.408 e. The van der Waals surface area contributed by atoms with Crippen molar-refractivity contribution in [3.63, 3.8) is 0 Å². The van der Waals surface area contributed by atoms with E-state index < -0.39 is 59.9 Å². The molecule has 0 saturated heterocycles. The van der Waals surface area contributed by atoms with Crippen LogP contribution in [0, 0.1) is 13.8 Å². The Kier molecular flexibility index (Phi) is 12.2. The van der Waals surface area contributed by atoms with Crippen molar-refractivity contribution >= 4 is 29.8 Å². The van der Waals surface area contributed by atoms with Gasteiger partial charge in [-0.3, -0.25) is 19.2 Å². The maximum absolute atomic E-state index is 13.9. The van der Waals surface area contributed by atoms with E-state index in [9.17, 15) is 24.0 Å². The van der Waals surface area contributed by atoms with E-state index >= 15 is 0 Å². The SMILES string of the molecule is CCOC(=O)CCNC(=O)C(c1ccc(C)cc1C)N(C(=O)C(CC(N)=O)NC(=O)OC(C)(C)C)C(C)C. The molecule has 1 aromatic carbocycles. The van der Waals surface area contributed by atoms with E-state index in [1.54, 1.807) is 47.6 Å². The molecule has 212 valence electrons. The van der Waals surface area contributed by atoms with Crippen molar-refractivity contribution in [2.45, 2.75) is 92.0 Å². The molecule has 0 aliphatic rings. The minimum absolute atomic E-state index is 0.0000738. The Bertz CT molecular complexity index is 1020. The number of alkyl carbamates (subject to hydrolysis) is 1. The highest BCUT2D eigenvalue weighted by Gasteiger charge is 2.39. The second kappa shape index (κ2) is 14.3. The number of nitrogens with one attached hydrogen (secondary N) is 2. The predicted octanol–water partition coefficient (Wildman–Crippen LogP) is 2.42. The monoisotopic (exact) mass is 534 g/mol. The van der Waals surface area contributed by atoms with Gasteiger partial charge in [-0.25, -0.2) is 4.79 Å². The minimum atomic E-state index is -1.37. The molecule has 4 amide bonds. The van der Waals surface area contributed by atoms with Gasteiger partial charge in [-0.1, -0.05) is 23.8 Å². The highest BCUT2D eigenvalue weighted by molar-refractivity contribution is 5.95. The Hall–Kier alpha value is -3.63. The third-order valence-corrected chi connectivity index (χ3v) is 5.39. The molecule has 2 atom stereocenters. The molecule has 0 heterocycles. The summed E-state index contributed by atoms with van der Waals surface area (Å²) in [7, 11) is 0. The number of carbonyl (C=O) groups is 5. The summed E-state index contributed by atoms with van der Waals surface area (Å²) in [4.78, 5) is 64.8. The number of esters is 1. The normalized spacial score (nSPS) is 12.8. The van der Waals surface area contributed by atoms with Gasteiger partial charge in [0.15, 0.2) is 0 Å². The van der Waals surface area contributed by atoms with Crippen LogP contribution in [0.15, 0.2) is 18.2 Å². The number of ether oxygens (including phenoxy) is 2. The summed E-state index contributed by atoms with van der Waals surface area (Å²) >= 11 is 0. The molecule has 1 aromatic rings. The zero-order valence-corrected chi connectivity index (χ0v) is 23.7. The maximum atomic E-state index is 13.9. The average Bonchev–Trinajstić information content (AvgIpc) is 2.75. The summed E-state index contributed by atoms with van der Waals surface area (Å²) in [5.74, 6) is -2.49. The van der Waals surface area contributed by atoms with Gasteiger partial charge in [-0.2, -0.15) is 0 Å². The van der Waals surface area contributed by atoms with Gasteiger partial charge in [-0.05, 0) is 66.5 Å². The van der Waals surface area contributed by atoms with Crippen LogP contribution in [0.5, 0.6) is 0 Å². The summed E-state index contributed by atoms with van der Waals surface area (Å²) in [6, 6.07) is 2.44. The molecule has 38 heavy (non-hydrogen) atoms. The van der Waals surface area contributed by atoms with Gasteiger partial charge >= 0.3 is 12.1 Å². The third kappa shape index (κ3) is 10.4. The van der Waals surface area contributed by atoms with Gasteiger partial charge in [0.05, 0.1) is 19.4 Å². The molecule has 11 nitrogen and oxygen atoms in total. The van der Waals surface area contributed by atoms with Crippen molar-refractivity contribution in [2.24, 2.45) is 5.73 Å². The van der Waals surface area contributed by atoms with E-state index in [1.807, 2.05) is 26.0 Å². The molecule has 0 fully saturated rings. The highest BCUT2D eigenvalue weighted by atomic mass is 16.6. The molecule has 0 aliphatic carbocycles. The first-order valence-electron chi connectivity index (χ1n) is 12.7. The largest absolute Gasteiger partial charge is 0.466 e. The Morgan fingerprint density at radius 2 is 1.71 bits per heavy atom. The number of carbonyl (C=O) groups excluding carboxylic acids is 5. The van der Waals surface area contributed by atoms with E-state index in [0.29, 0.717) is 5.56 Å². The highest BCUT2D eigenvalue weighted by Crippen LogP contribution is 2.28. The fourth-order valence-corrected chi connectivity index (χ4v) is 3.88. The van der Waals surface area contributed by atoms with Crippen LogP contribution in [0.3, 0.4) is 0 Å². The lowest BCUT2D eigenvalue weighted by Crippen LogP contribution is -2.56. The van der Waals surface area contributed by atoms with Crippen LogP contribution >= 0.6 is 0 Å². The first-order valence-corrected chi connectivity index (χ1v) is 12.7. The van der Waals surface area contributed by atoms with Crippen molar-refractivity contribution in [1.29, 1.82) is 0 Å². The van der Waals surface area contributed by atoms with E-state index in [2.05, 4.69) is 10.6 Å². The van der Waals surface area contributed by atoms with Crippen LogP contribution in [0.4, 0.5) is 4.79 Å². The number of amides is 4. The van der Waals surface area contributed by atoms with Crippen molar-refractivity contribution < 1.29 is 33.4 Å². The van der Waals surface area contributed by atoms with Crippen molar-refractivity contribution in [2.75, 3.05) is 13.2 Å². The topological polar surface area (TPSA) is 157 Å². The van der Waals surface area contributed by atoms with E-state index in [1.165, 1.54) is 4.90 Å². The summed E-state index contributed by atoms with van der Waals surface area (Å²) < 4.78 is 10.2. The van der Waals surface area contributed by atoms with Crippen molar-refractivity contribution in [3.8, 4) is 0 Å². The lowest BCUT2D eigenvalue weighted by molar-refractivity contribution is -0.146. The van der Waals surface area contributed by atoms with Crippen LogP contribution in [0.2, 0.25) is 0 Å². The molecule has 0 spiro atoms.